The second-order valence-corrected chi connectivity index (χ2v) is 5.59. The minimum Gasteiger partial charge on any atom is -0.467 e. The van der Waals surface area contributed by atoms with Crippen LogP contribution in [-0.2, 0) is 6.54 Å². The fourth-order valence-corrected chi connectivity index (χ4v) is 2.23. The first-order valence-corrected chi connectivity index (χ1v) is 7.67. The Hall–Kier alpha value is -2.86. The normalized spacial score (nSPS) is 10.4. The Morgan fingerprint density at radius 1 is 1.21 bits per heavy atom. The van der Waals surface area contributed by atoms with Crippen LogP contribution in [0.3, 0.4) is 0 Å². The summed E-state index contributed by atoms with van der Waals surface area (Å²) in [5.74, 6) is 1.00. The van der Waals surface area contributed by atoms with Crippen LogP contribution < -0.4 is 10.6 Å². The summed E-state index contributed by atoms with van der Waals surface area (Å²) in [5.41, 5.74) is 1.78. The van der Waals surface area contributed by atoms with Gasteiger partial charge in [-0.15, -0.1) is 10.2 Å². The van der Waals surface area contributed by atoms with Gasteiger partial charge in [-0.05, 0) is 48.9 Å². The molecule has 2 heterocycles. The van der Waals surface area contributed by atoms with E-state index in [1.807, 2.05) is 25.1 Å². The summed E-state index contributed by atoms with van der Waals surface area (Å²) in [5, 5.41) is 14.3. The summed E-state index contributed by atoms with van der Waals surface area (Å²) in [4.78, 5) is 12.2. The first-order valence-electron chi connectivity index (χ1n) is 7.29. The summed E-state index contributed by atoms with van der Waals surface area (Å²) in [7, 11) is 0. The molecule has 2 N–H and O–H groups in total. The van der Waals surface area contributed by atoms with Gasteiger partial charge >= 0.3 is 0 Å². The summed E-state index contributed by atoms with van der Waals surface area (Å²) >= 11 is 5.95. The lowest BCUT2D eigenvalue weighted by molar-refractivity contribution is 0.102. The smallest absolute Gasteiger partial charge is 0.276 e. The maximum atomic E-state index is 12.2. The van der Waals surface area contributed by atoms with E-state index in [2.05, 4.69) is 20.8 Å². The number of rotatable bonds is 5. The van der Waals surface area contributed by atoms with Crippen LogP contribution in [0.4, 0.5) is 11.5 Å². The average molecular weight is 343 g/mol. The number of hydrogen-bond acceptors (Lipinski definition) is 5. The summed E-state index contributed by atoms with van der Waals surface area (Å²) < 4.78 is 5.22. The number of carbonyl (C=O) groups is 1. The molecule has 3 rings (SSSR count). The minimum absolute atomic E-state index is 0.220. The van der Waals surface area contributed by atoms with Gasteiger partial charge in [0.05, 0.1) is 12.8 Å². The van der Waals surface area contributed by atoms with Crippen molar-refractivity contribution >= 4 is 29.0 Å². The Kier molecular flexibility index (Phi) is 4.77. The Morgan fingerprint density at radius 2 is 2.08 bits per heavy atom. The number of halogens is 1. The molecular formula is C17H15ClN4O2. The number of benzene rings is 1. The molecule has 3 aromatic rings. The molecule has 0 radical (unpaired) electrons. The topological polar surface area (TPSA) is 80.0 Å². The summed E-state index contributed by atoms with van der Waals surface area (Å²) in [6.45, 7) is 2.38. The second-order valence-electron chi connectivity index (χ2n) is 5.15. The first-order chi connectivity index (χ1) is 11.6. The van der Waals surface area contributed by atoms with E-state index in [0.717, 1.165) is 11.3 Å². The largest absolute Gasteiger partial charge is 0.467 e. The molecule has 0 fully saturated rings. The molecule has 0 aliphatic rings. The molecule has 122 valence electrons. The molecule has 0 saturated heterocycles. The van der Waals surface area contributed by atoms with Gasteiger partial charge in [-0.3, -0.25) is 4.79 Å². The molecule has 6 nitrogen and oxygen atoms in total. The van der Waals surface area contributed by atoms with Gasteiger partial charge in [-0.25, -0.2) is 0 Å². The van der Waals surface area contributed by atoms with Crippen molar-refractivity contribution in [3.8, 4) is 0 Å². The quantitative estimate of drug-likeness (QED) is 0.735. The average Bonchev–Trinajstić information content (AvgIpc) is 3.10. The molecule has 0 saturated carbocycles. The molecular weight excluding hydrogens is 328 g/mol. The molecule has 24 heavy (non-hydrogen) atoms. The maximum Gasteiger partial charge on any atom is 0.276 e. The fraction of sp³-hybridized carbons (Fsp3) is 0.118. The summed E-state index contributed by atoms with van der Waals surface area (Å²) in [6.07, 6.45) is 1.61. The van der Waals surface area contributed by atoms with Gasteiger partial charge in [0, 0.05) is 10.7 Å². The highest BCUT2D eigenvalue weighted by atomic mass is 35.5. The van der Waals surface area contributed by atoms with E-state index >= 15 is 0 Å². The van der Waals surface area contributed by atoms with Crippen molar-refractivity contribution in [3.63, 3.8) is 0 Å². The Labute approximate surface area is 143 Å². The number of anilines is 2. The van der Waals surface area contributed by atoms with Crippen molar-refractivity contribution in [1.29, 1.82) is 0 Å². The number of amides is 1. The Bertz CT molecular complexity index is 832. The van der Waals surface area contributed by atoms with Crippen molar-refractivity contribution in [2.24, 2.45) is 0 Å². The van der Waals surface area contributed by atoms with E-state index in [-0.39, 0.29) is 11.6 Å². The van der Waals surface area contributed by atoms with Crippen LogP contribution >= 0.6 is 11.6 Å². The number of furan rings is 1. The summed E-state index contributed by atoms with van der Waals surface area (Å²) in [6, 6.07) is 12.3. The molecule has 0 unspecified atom stereocenters. The van der Waals surface area contributed by atoms with Crippen molar-refractivity contribution in [2.75, 3.05) is 10.6 Å². The van der Waals surface area contributed by atoms with Gasteiger partial charge in [0.25, 0.3) is 5.91 Å². The van der Waals surface area contributed by atoms with Crippen LogP contribution in [0.5, 0.6) is 0 Å². The zero-order valence-electron chi connectivity index (χ0n) is 12.9. The third-order valence-corrected chi connectivity index (χ3v) is 3.60. The van der Waals surface area contributed by atoms with Crippen molar-refractivity contribution in [2.45, 2.75) is 13.5 Å². The molecule has 0 aliphatic heterocycles. The van der Waals surface area contributed by atoms with E-state index in [1.54, 1.807) is 30.5 Å². The SMILES string of the molecule is Cc1ccc(Cl)cc1NC(=O)c1ccc(NCc2ccco2)nn1. The minimum atomic E-state index is -0.342. The van der Waals surface area contributed by atoms with Gasteiger partial charge in [0.2, 0.25) is 0 Å². The van der Waals surface area contributed by atoms with Crippen molar-refractivity contribution < 1.29 is 9.21 Å². The standard InChI is InChI=1S/C17H15ClN4O2/c1-11-4-5-12(18)9-15(11)20-17(23)14-6-7-16(22-21-14)19-10-13-3-2-8-24-13/h2-9H,10H2,1H3,(H,19,22)(H,20,23). The molecule has 0 atom stereocenters. The van der Waals surface area contributed by atoms with Crippen LogP contribution in [0.25, 0.3) is 0 Å². The van der Waals surface area contributed by atoms with E-state index in [0.29, 0.717) is 23.1 Å². The molecule has 1 amide bonds. The van der Waals surface area contributed by atoms with Gasteiger partial charge in [0.1, 0.15) is 11.6 Å². The maximum absolute atomic E-state index is 12.2. The van der Waals surface area contributed by atoms with Gasteiger partial charge in [-0.1, -0.05) is 17.7 Å². The predicted molar refractivity (Wildman–Crippen MR) is 92.2 cm³/mol. The third kappa shape index (κ3) is 3.91. The van der Waals surface area contributed by atoms with Crippen LogP contribution in [0.1, 0.15) is 21.8 Å². The molecule has 0 bridgehead atoms. The first kappa shape index (κ1) is 16.0. The number of hydrogen-bond donors (Lipinski definition) is 2. The van der Waals surface area contributed by atoms with Gasteiger partial charge < -0.3 is 15.1 Å². The zero-order chi connectivity index (χ0) is 16.9. The lowest BCUT2D eigenvalue weighted by Gasteiger charge is -2.08. The molecule has 7 heteroatoms. The second kappa shape index (κ2) is 7.14. The highest BCUT2D eigenvalue weighted by Gasteiger charge is 2.10. The Balaban J connectivity index is 1.64. The van der Waals surface area contributed by atoms with Gasteiger partial charge in [-0.2, -0.15) is 0 Å². The molecule has 0 spiro atoms. The van der Waals surface area contributed by atoms with Crippen LogP contribution in [0, 0.1) is 6.92 Å². The van der Waals surface area contributed by atoms with E-state index < -0.39 is 0 Å². The predicted octanol–water partition coefficient (Wildman–Crippen LogP) is 3.90. The number of nitrogens with zero attached hydrogens (tertiary/aromatic N) is 2. The molecule has 1 aromatic carbocycles. The Morgan fingerprint density at radius 3 is 2.79 bits per heavy atom. The highest BCUT2D eigenvalue weighted by molar-refractivity contribution is 6.31. The lowest BCUT2D eigenvalue weighted by atomic mass is 10.2. The van der Waals surface area contributed by atoms with Gasteiger partial charge in [0.15, 0.2) is 5.69 Å². The number of carbonyl (C=O) groups excluding carboxylic acids is 1. The van der Waals surface area contributed by atoms with Crippen LogP contribution in [0.2, 0.25) is 5.02 Å². The number of aromatic nitrogens is 2. The van der Waals surface area contributed by atoms with Crippen molar-refractivity contribution in [1.82, 2.24) is 10.2 Å². The zero-order valence-corrected chi connectivity index (χ0v) is 13.7. The fourth-order valence-electron chi connectivity index (χ4n) is 2.05. The van der Waals surface area contributed by atoms with E-state index in [1.165, 1.54) is 0 Å². The third-order valence-electron chi connectivity index (χ3n) is 3.37. The van der Waals surface area contributed by atoms with Crippen molar-refractivity contribution in [3.05, 3.63) is 70.8 Å². The van der Waals surface area contributed by atoms with E-state index in [4.69, 9.17) is 16.0 Å². The van der Waals surface area contributed by atoms with E-state index in [9.17, 15) is 4.79 Å². The molecule has 2 aromatic heterocycles. The van der Waals surface area contributed by atoms with Crippen LogP contribution in [0.15, 0.2) is 53.1 Å². The number of aryl methyl sites for hydroxylation is 1. The molecule has 0 aliphatic carbocycles. The monoisotopic (exact) mass is 342 g/mol. The highest BCUT2D eigenvalue weighted by Crippen LogP contribution is 2.20. The van der Waals surface area contributed by atoms with Crippen LogP contribution in [-0.4, -0.2) is 16.1 Å². The lowest BCUT2D eigenvalue weighted by Crippen LogP contribution is -2.15. The number of nitrogens with one attached hydrogen (secondary N) is 2.